The Labute approximate surface area is 136 Å². The van der Waals surface area contributed by atoms with Crippen molar-refractivity contribution in [3.63, 3.8) is 0 Å². The molecule has 0 aromatic heterocycles. The molecule has 0 aliphatic carbocycles. The first-order valence-corrected chi connectivity index (χ1v) is 7.76. The van der Waals surface area contributed by atoms with Crippen LogP contribution in [-0.2, 0) is 16.0 Å². The number of ether oxygens (including phenoxy) is 2. The van der Waals surface area contributed by atoms with Gasteiger partial charge in [0.05, 0.1) is 20.1 Å². The quantitative estimate of drug-likeness (QED) is 0.867. The van der Waals surface area contributed by atoms with Crippen LogP contribution >= 0.6 is 0 Å². The predicted molar refractivity (Wildman–Crippen MR) is 84.8 cm³/mol. The smallest absolute Gasteiger partial charge is 0.308 e. The van der Waals surface area contributed by atoms with Crippen molar-refractivity contribution in [1.29, 1.82) is 0 Å². The minimum Gasteiger partial charge on any atom is -0.497 e. The van der Waals surface area contributed by atoms with Gasteiger partial charge in [-0.25, -0.2) is 0 Å². The zero-order valence-electron chi connectivity index (χ0n) is 13.6. The molecular weight excluding hydrogens is 298 g/mol. The number of carboxylic acids is 1. The maximum absolute atomic E-state index is 12.3. The molecule has 0 bridgehead atoms. The molecule has 0 radical (unpaired) electrons. The monoisotopic (exact) mass is 321 g/mol. The van der Waals surface area contributed by atoms with E-state index in [1.165, 1.54) is 0 Å². The molecular formula is C17H23NO5. The lowest BCUT2D eigenvalue weighted by Crippen LogP contribution is -2.42. The van der Waals surface area contributed by atoms with Gasteiger partial charge in [0, 0.05) is 25.6 Å². The van der Waals surface area contributed by atoms with E-state index in [-0.39, 0.29) is 5.91 Å². The van der Waals surface area contributed by atoms with Crippen LogP contribution in [-0.4, -0.2) is 49.2 Å². The Kier molecular flexibility index (Phi) is 5.84. The number of aryl methyl sites for hydroxylation is 1. The van der Waals surface area contributed by atoms with Gasteiger partial charge in [0.25, 0.3) is 0 Å². The molecule has 1 saturated heterocycles. The van der Waals surface area contributed by atoms with Gasteiger partial charge in [-0.05, 0) is 37.0 Å². The van der Waals surface area contributed by atoms with Crippen LogP contribution < -0.4 is 9.47 Å². The molecule has 6 heteroatoms. The van der Waals surface area contributed by atoms with E-state index in [9.17, 15) is 9.59 Å². The van der Waals surface area contributed by atoms with Crippen molar-refractivity contribution in [2.75, 3.05) is 27.3 Å². The van der Waals surface area contributed by atoms with E-state index in [0.717, 1.165) is 12.0 Å². The number of hydrogen-bond donors (Lipinski definition) is 1. The van der Waals surface area contributed by atoms with E-state index in [4.69, 9.17) is 14.6 Å². The van der Waals surface area contributed by atoms with Crippen molar-refractivity contribution in [1.82, 2.24) is 4.90 Å². The highest BCUT2D eigenvalue weighted by Gasteiger charge is 2.27. The molecule has 1 fully saturated rings. The zero-order chi connectivity index (χ0) is 16.8. The molecule has 0 saturated carbocycles. The Morgan fingerprint density at radius 1 is 1.22 bits per heavy atom. The molecule has 1 aromatic rings. The number of methoxy groups -OCH3 is 2. The number of aliphatic carboxylic acids is 1. The average molecular weight is 321 g/mol. The molecule has 1 heterocycles. The van der Waals surface area contributed by atoms with Crippen LogP contribution in [0.4, 0.5) is 0 Å². The van der Waals surface area contributed by atoms with Crippen LogP contribution in [0.5, 0.6) is 11.5 Å². The number of rotatable bonds is 6. The van der Waals surface area contributed by atoms with E-state index in [1.54, 1.807) is 25.2 Å². The summed E-state index contributed by atoms with van der Waals surface area (Å²) < 4.78 is 10.4. The maximum Gasteiger partial charge on any atom is 0.308 e. The zero-order valence-corrected chi connectivity index (χ0v) is 13.6. The summed E-state index contributed by atoms with van der Waals surface area (Å²) >= 11 is 0. The minimum atomic E-state index is -0.819. The molecule has 1 atom stereocenters. The summed E-state index contributed by atoms with van der Waals surface area (Å²) in [6.45, 7) is 0.958. The normalized spacial score (nSPS) is 17.7. The lowest BCUT2D eigenvalue weighted by molar-refractivity contribution is -0.145. The Hall–Kier alpha value is -2.24. The van der Waals surface area contributed by atoms with Crippen molar-refractivity contribution in [3.8, 4) is 11.5 Å². The minimum absolute atomic E-state index is 0.00210. The number of carbonyl (C=O) groups excluding carboxylic acids is 1. The lowest BCUT2D eigenvalue weighted by atomic mass is 9.97. The maximum atomic E-state index is 12.3. The van der Waals surface area contributed by atoms with E-state index >= 15 is 0 Å². The fourth-order valence-electron chi connectivity index (χ4n) is 2.83. The average Bonchev–Trinajstić information content (AvgIpc) is 2.59. The molecule has 126 valence electrons. The fourth-order valence-corrected chi connectivity index (χ4v) is 2.83. The van der Waals surface area contributed by atoms with Crippen LogP contribution in [0.1, 0.15) is 24.8 Å². The van der Waals surface area contributed by atoms with Crippen molar-refractivity contribution in [2.24, 2.45) is 5.92 Å². The summed E-state index contributed by atoms with van der Waals surface area (Å²) in [7, 11) is 3.17. The van der Waals surface area contributed by atoms with Crippen LogP contribution in [0.2, 0.25) is 0 Å². The van der Waals surface area contributed by atoms with E-state index < -0.39 is 11.9 Å². The lowest BCUT2D eigenvalue weighted by Gasteiger charge is -2.30. The highest BCUT2D eigenvalue weighted by molar-refractivity contribution is 5.78. The largest absolute Gasteiger partial charge is 0.497 e. The molecule has 1 aliphatic heterocycles. The second-order valence-electron chi connectivity index (χ2n) is 5.74. The van der Waals surface area contributed by atoms with Crippen LogP contribution in [0, 0.1) is 5.92 Å². The molecule has 6 nitrogen and oxygen atoms in total. The number of carbonyl (C=O) groups is 2. The van der Waals surface area contributed by atoms with E-state index in [0.29, 0.717) is 43.9 Å². The van der Waals surface area contributed by atoms with Gasteiger partial charge in [-0.15, -0.1) is 0 Å². The second-order valence-corrected chi connectivity index (χ2v) is 5.74. The number of hydrogen-bond acceptors (Lipinski definition) is 4. The number of benzene rings is 1. The summed E-state index contributed by atoms with van der Waals surface area (Å²) in [5.74, 6) is 0.119. The van der Waals surface area contributed by atoms with Gasteiger partial charge >= 0.3 is 5.97 Å². The molecule has 2 rings (SSSR count). The highest BCUT2D eigenvalue weighted by atomic mass is 16.5. The van der Waals surface area contributed by atoms with Gasteiger partial charge in [0.2, 0.25) is 5.91 Å². The molecule has 1 aliphatic rings. The topological polar surface area (TPSA) is 76.1 Å². The van der Waals surface area contributed by atoms with Gasteiger partial charge in [0.1, 0.15) is 11.5 Å². The molecule has 23 heavy (non-hydrogen) atoms. The predicted octanol–water partition coefficient (Wildman–Crippen LogP) is 1.96. The third kappa shape index (κ3) is 4.61. The Bertz CT molecular complexity index is 550. The Morgan fingerprint density at radius 3 is 2.43 bits per heavy atom. The van der Waals surface area contributed by atoms with Crippen molar-refractivity contribution < 1.29 is 24.2 Å². The number of carboxylic acid groups (broad SMARTS) is 1. The molecule has 1 aromatic carbocycles. The fraction of sp³-hybridized carbons (Fsp3) is 0.529. The first kappa shape index (κ1) is 17.1. The van der Waals surface area contributed by atoms with Crippen molar-refractivity contribution >= 4 is 11.9 Å². The van der Waals surface area contributed by atoms with Gasteiger partial charge in [0.15, 0.2) is 0 Å². The second kappa shape index (κ2) is 7.85. The Morgan fingerprint density at radius 2 is 1.87 bits per heavy atom. The summed E-state index contributed by atoms with van der Waals surface area (Å²) in [6.07, 6.45) is 2.31. The number of nitrogens with zero attached hydrogens (tertiary/aromatic N) is 1. The van der Waals surface area contributed by atoms with Gasteiger partial charge in [-0.2, -0.15) is 0 Å². The number of likely N-dealkylation sites (tertiary alicyclic amines) is 1. The van der Waals surface area contributed by atoms with Crippen molar-refractivity contribution in [2.45, 2.75) is 25.7 Å². The Balaban J connectivity index is 1.95. The SMILES string of the molecule is COc1cc(CCC(=O)N2CCCC(C(=O)O)C2)cc(OC)c1. The first-order valence-electron chi connectivity index (χ1n) is 7.76. The third-order valence-corrected chi connectivity index (χ3v) is 4.16. The molecule has 1 unspecified atom stereocenters. The number of amides is 1. The van der Waals surface area contributed by atoms with Crippen molar-refractivity contribution in [3.05, 3.63) is 23.8 Å². The van der Waals surface area contributed by atoms with E-state index in [1.807, 2.05) is 12.1 Å². The van der Waals surface area contributed by atoms with Crippen LogP contribution in [0.25, 0.3) is 0 Å². The van der Waals surface area contributed by atoms with E-state index in [2.05, 4.69) is 0 Å². The van der Waals surface area contributed by atoms with Gasteiger partial charge in [-0.1, -0.05) is 0 Å². The van der Waals surface area contributed by atoms with Crippen LogP contribution in [0.3, 0.4) is 0 Å². The van der Waals surface area contributed by atoms with Gasteiger partial charge in [-0.3, -0.25) is 9.59 Å². The standard InChI is InChI=1S/C17H23NO5/c1-22-14-8-12(9-15(10-14)23-2)5-6-16(19)18-7-3-4-13(11-18)17(20)21/h8-10,13H,3-7,11H2,1-2H3,(H,20,21). The third-order valence-electron chi connectivity index (χ3n) is 4.16. The summed E-state index contributed by atoms with van der Waals surface area (Å²) in [5.41, 5.74) is 0.960. The molecule has 0 spiro atoms. The summed E-state index contributed by atoms with van der Waals surface area (Å²) in [6, 6.07) is 5.55. The molecule has 1 N–H and O–H groups in total. The summed E-state index contributed by atoms with van der Waals surface area (Å²) in [5, 5.41) is 9.10. The van der Waals surface area contributed by atoms with Crippen LogP contribution in [0.15, 0.2) is 18.2 Å². The highest BCUT2D eigenvalue weighted by Crippen LogP contribution is 2.24. The molecule has 1 amide bonds. The van der Waals surface area contributed by atoms with Gasteiger partial charge < -0.3 is 19.5 Å². The first-order chi connectivity index (χ1) is 11.0. The summed E-state index contributed by atoms with van der Waals surface area (Å²) in [4.78, 5) is 25.1. The number of piperidine rings is 1.